The Kier molecular flexibility index (Phi) is 7.43. The van der Waals surface area contributed by atoms with Crippen molar-refractivity contribution in [2.45, 2.75) is 63.5 Å². The zero-order chi connectivity index (χ0) is 21.7. The Morgan fingerprint density at radius 2 is 1.93 bits per heavy atom. The molecule has 3 rings (SSSR count). The SMILES string of the molecule is NC(=O)[C@@H]1CCC[N+]1(C(=O)O[C@H]1CCOC1)C(=O)[C@H](CC1CCCC1)CN(O)C=O. The summed E-state index contributed by atoms with van der Waals surface area (Å²) in [5.74, 6) is -1.76. The highest BCUT2D eigenvalue weighted by molar-refractivity contribution is 5.90. The lowest BCUT2D eigenvalue weighted by atomic mass is 9.91. The normalized spacial score (nSPS) is 30.2. The number of hydrogen-bond acceptors (Lipinski definition) is 7. The van der Waals surface area contributed by atoms with Crippen LogP contribution in [0, 0.1) is 11.8 Å². The van der Waals surface area contributed by atoms with Gasteiger partial charge in [0.05, 0.1) is 32.2 Å². The molecule has 4 amide bonds. The number of nitrogens with two attached hydrogens (primary N) is 1. The molecule has 1 aliphatic carbocycles. The Morgan fingerprint density at radius 3 is 2.53 bits per heavy atom. The van der Waals surface area contributed by atoms with Crippen LogP contribution in [-0.2, 0) is 23.9 Å². The van der Waals surface area contributed by atoms with Crippen LogP contribution in [0.5, 0.6) is 0 Å². The van der Waals surface area contributed by atoms with Gasteiger partial charge in [-0.1, -0.05) is 25.7 Å². The summed E-state index contributed by atoms with van der Waals surface area (Å²) in [6.07, 6.45) is 4.78. The molecule has 3 N–H and O–H groups in total. The molecule has 2 saturated heterocycles. The molecule has 30 heavy (non-hydrogen) atoms. The third-order valence-electron chi connectivity index (χ3n) is 6.69. The molecule has 3 aliphatic rings. The Balaban J connectivity index is 1.89. The van der Waals surface area contributed by atoms with Crippen LogP contribution >= 0.6 is 0 Å². The van der Waals surface area contributed by atoms with E-state index in [0.29, 0.717) is 37.4 Å². The van der Waals surface area contributed by atoms with Gasteiger partial charge in [0.15, 0.2) is 6.04 Å². The van der Waals surface area contributed by atoms with Gasteiger partial charge in [-0.25, -0.2) is 9.86 Å². The Bertz CT molecular complexity index is 661. The number of ether oxygens (including phenoxy) is 2. The molecule has 2 aliphatic heterocycles. The van der Waals surface area contributed by atoms with Crippen LogP contribution in [0.25, 0.3) is 0 Å². The fourth-order valence-corrected chi connectivity index (χ4v) is 5.18. The van der Waals surface area contributed by atoms with Crippen molar-refractivity contribution in [2.24, 2.45) is 17.6 Å². The molecular weight excluding hydrogens is 394 g/mol. The summed E-state index contributed by atoms with van der Waals surface area (Å²) in [6, 6.07) is -1.01. The molecule has 0 bridgehead atoms. The third-order valence-corrected chi connectivity index (χ3v) is 6.69. The number of likely N-dealkylation sites (tertiary alicyclic amines) is 1. The van der Waals surface area contributed by atoms with Gasteiger partial charge in [-0.15, -0.1) is 4.48 Å². The van der Waals surface area contributed by atoms with Crippen LogP contribution in [0.2, 0.25) is 0 Å². The van der Waals surface area contributed by atoms with Crippen molar-refractivity contribution in [1.29, 1.82) is 0 Å². The minimum atomic E-state index is -1.01. The monoisotopic (exact) mass is 426 g/mol. The molecule has 10 nitrogen and oxygen atoms in total. The maximum Gasteiger partial charge on any atom is 0.524 e. The summed E-state index contributed by atoms with van der Waals surface area (Å²) in [5, 5.41) is 10.2. The van der Waals surface area contributed by atoms with Gasteiger partial charge in [-0.2, -0.15) is 4.79 Å². The number of primary amides is 1. The maximum absolute atomic E-state index is 13.8. The quantitative estimate of drug-likeness (QED) is 0.255. The van der Waals surface area contributed by atoms with Crippen molar-refractivity contribution >= 4 is 24.3 Å². The van der Waals surface area contributed by atoms with Crippen LogP contribution in [0.3, 0.4) is 0 Å². The van der Waals surface area contributed by atoms with Crippen LogP contribution in [0.4, 0.5) is 4.79 Å². The van der Waals surface area contributed by atoms with Gasteiger partial charge in [0, 0.05) is 19.3 Å². The van der Waals surface area contributed by atoms with E-state index in [1.807, 2.05) is 0 Å². The predicted octanol–water partition coefficient (Wildman–Crippen LogP) is 0.947. The lowest BCUT2D eigenvalue weighted by Gasteiger charge is -2.35. The summed E-state index contributed by atoms with van der Waals surface area (Å²) < 4.78 is 10.0. The summed E-state index contributed by atoms with van der Waals surface area (Å²) in [4.78, 5) is 50.3. The van der Waals surface area contributed by atoms with Crippen LogP contribution in [0.15, 0.2) is 0 Å². The van der Waals surface area contributed by atoms with Crippen LogP contribution in [-0.4, -0.2) is 77.5 Å². The zero-order valence-corrected chi connectivity index (χ0v) is 17.2. The minimum absolute atomic E-state index is 0.118. The van der Waals surface area contributed by atoms with Crippen molar-refractivity contribution in [1.82, 2.24) is 5.06 Å². The highest BCUT2D eigenvalue weighted by atomic mass is 16.6. The van der Waals surface area contributed by atoms with E-state index in [4.69, 9.17) is 15.2 Å². The molecule has 0 radical (unpaired) electrons. The number of carbonyl (C=O) groups excluding carboxylic acids is 4. The second-order valence-electron chi connectivity index (χ2n) is 8.67. The Labute approximate surface area is 175 Å². The van der Waals surface area contributed by atoms with Crippen LogP contribution in [0.1, 0.15) is 51.4 Å². The molecular formula is C20H32N3O7+. The molecule has 0 aromatic rings. The van der Waals surface area contributed by atoms with E-state index in [-0.39, 0.29) is 32.0 Å². The number of rotatable bonds is 8. The number of carbonyl (C=O) groups is 4. The first kappa shape index (κ1) is 22.6. The molecule has 1 saturated carbocycles. The van der Waals surface area contributed by atoms with Crippen molar-refractivity contribution < 1.29 is 38.3 Å². The summed E-state index contributed by atoms with van der Waals surface area (Å²) in [5.41, 5.74) is 5.59. The molecule has 0 aromatic heterocycles. The van der Waals surface area contributed by atoms with Gasteiger partial charge in [0.1, 0.15) is 6.10 Å². The number of hydroxylamine groups is 2. The number of hydrogen-bond donors (Lipinski definition) is 2. The Morgan fingerprint density at radius 1 is 1.20 bits per heavy atom. The van der Waals surface area contributed by atoms with Crippen LogP contribution < -0.4 is 5.73 Å². The molecule has 168 valence electrons. The van der Waals surface area contributed by atoms with Crippen molar-refractivity contribution in [3.05, 3.63) is 0 Å². The smallest absolute Gasteiger partial charge is 0.414 e. The van der Waals surface area contributed by atoms with E-state index in [0.717, 1.165) is 25.7 Å². The van der Waals surface area contributed by atoms with E-state index in [2.05, 4.69) is 0 Å². The number of nitrogens with zero attached hydrogens (tertiary/aromatic N) is 2. The topological polar surface area (TPSA) is 136 Å². The first-order chi connectivity index (χ1) is 14.4. The standard InChI is InChI=1S/C20H31N3O7/c21-18(25)17-6-3-8-23(17,20(27)30-16-7-9-29-12-16)19(26)15(11-22(28)13-24)10-14-4-1-2-5-14/h13-17,28H,1-12H2,(H-,21,25)/p+1/t15-,16+,17+,23?/m1/s1. The highest BCUT2D eigenvalue weighted by Crippen LogP contribution is 2.36. The zero-order valence-electron chi connectivity index (χ0n) is 17.2. The predicted molar refractivity (Wildman–Crippen MR) is 103 cm³/mol. The van der Waals surface area contributed by atoms with Gasteiger partial charge >= 0.3 is 12.0 Å². The number of quaternary nitrogens is 1. The fourth-order valence-electron chi connectivity index (χ4n) is 5.18. The molecule has 0 spiro atoms. The molecule has 0 aromatic carbocycles. The average Bonchev–Trinajstić information content (AvgIpc) is 3.48. The van der Waals surface area contributed by atoms with E-state index in [9.17, 15) is 24.4 Å². The number of imide groups is 1. The van der Waals surface area contributed by atoms with Gasteiger partial charge < -0.3 is 15.2 Å². The second kappa shape index (κ2) is 9.84. The lowest BCUT2D eigenvalue weighted by molar-refractivity contribution is -0.787. The molecule has 4 atom stereocenters. The summed E-state index contributed by atoms with van der Waals surface area (Å²) in [6.45, 7) is 0.604. The number of amides is 4. The minimum Gasteiger partial charge on any atom is -0.414 e. The maximum atomic E-state index is 13.8. The largest absolute Gasteiger partial charge is 0.524 e. The first-order valence-corrected chi connectivity index (χ1v) is 10.8. The van der Waals surface area contributed by atoms with Crippen molar-refractivity contribution in [3.8, 4) is 0 Å². The van der Waals surface area contributed by atoms with Gasteiger partial charge in [-0.05, 0) is 12.3 Å². The fraction of sp³-hybridized carbons (Fsp3) is 0.800. The Hall–Kier alpha value is -2.04. The second-order valence-corrected chi connectivity index (χ2v) is 8.67. The van der Waals surface area contributed by atoms with E-state index in [1.165, 1.54) is 0 Å². The lowest BCUT2D eigenvalue weighted by Crippen LogP contribution is -2.66. The summed E-state index contributed by atoms with van der Waals surface area (Å²) >= 11 is 0. The molecule has 3 fully saturated rings. The molecule has 1 unspecified atom stereocenters. The highest BCUT2D eigenvalue weighted by Gasteiger charge is 2.60. The van der Waals surface area contributed by atoms with Gasteiger partial charge in [0.2, 0.25) is 6.41 Å². The third kappa shape index (κ3) is 4.65. The van der Waals surface area contributed by atoms with E-state index in [1.54, 1.807) is 0 Å². The van der Waals surface area contributed by atoms with Crippen molar-refractivity contribution in [2.75, 3.05) is 26.3 Å². The molecule has 10 heteroatoms. The van der Waals surface area contributed by atoms with Gasteiger partial charge in [-0.3, -0.25) is 14.8 Å². The van der Waals surface area contributed by atoms with Gasteiger partial charge in [0.25, 0.3) is 5.91 Å². The first-order valence-electron chi connectivity index (χ1n) is 10.8. The van der Waals surface area contributed by atoms with E-state index >= 15 is 0 Å². The summed E-state index contributed by atoms with van der Waals surface area (Å²) in [7, 11) is 0. The molecule has 2 heterocycles. The average molecular weight is 426 g/mol. The van der Waals surface area contributed by atoms with E-state index < -0.39 is 40.5 Å². The van der Waals surface area contributed by atoms with Crippen molar-refractivity contribution in [3.63, 3.8) is 0 Å².